The summed E-state index contributed by atoms with van der Waals surface area (Å²) in [6.07, 6.45) is 3.47. The van der Waals surface area contributed by atoms with Crippen molar-refractivity contribution in [3.63, 3.8) is 0 Å². The van der Waals surface area contributed by atoms with Crippen molar-refractivity contribution < 1.29 is 4.79 Å². The molecule has 0 saturated heterocycles. The Morgan fingerprint density at radius 1 is 1.33 bits per heavy atom. The Morgan fingerprint density at radius 3 is 2.50 bits per heavy atom. The molecule has 1 atom stereocenters. The van der Waals surface area contributed by atoms with Crippen LogP contribution in [0.4, 0.5) is 0 Å². The summed E-state index contributed by atoms with van der Waals surface area (Å²) in [6, 6.07) is 5.72. The first-order valence-corrected chi connectivity index (χ1v) is 6.23. The van der Waals surface area contributed by atoms with E-state index in [0.29, 0.717) is 5.56 Å². The maximum absolute atomic E-state index is 12.0. The lowest BCUT2D eigenvalue weighted by Crippen LogP contribution is -2.11. The molecule has 2 rings (SSSR count). The molecule has 2 aromatic heterocycles. The molecule has 0 radical (unpaired) electrons. The number of aryl methyl sites for hydroxylation is 1. The molecule has 0 aliphatic rings. The van der Waals surface area contributed by atoms with Crippen LogP contribution in [0, 0.1) is 13.8 Å². The van der Waals surface area contributed by atoms with Crippen LogP contribution in [0.5, 0.6) is 0 Å². The van der Waals surface area contributed by atoms with Crippen molar-refractivity contribution in [2.45, 2.75) is 26.1 Å². The number of rotatable bonds is 3. The van der Waals surface area contributed by atoms with Gasteiger partial charge in [-0.3, -0.25) is 9.78 Å². The maximum atomic E-state index is 12.0. The van der Waals surface area contributed by atoms with Crippen LogP contribution in [0.25, 0.3) is 5.69 Å². The number of nitrogens with zero attached hydrogens (tertiary/aromatic N) is 2. The third-order valence-electron chi connectivity index (χ3n) is 2.98. The third-order valence-corrected chi connectivity index (χ3v) is 3.18. The highest BCUT2D eigenvalue weighted by atomic mass is 35.5. The van der Waals surface area contributed by atoms with Gasteiger partial charge in [0, 0.05) is 35.0 Å². The lowest BCUT2D eigenvalue weighted by molar-refractivity contribution is 0.0991. The van der Waals surface area contributed by atoms with E-state index in [9.17, 15) is 4.79 Å². The predicted molar refractivity (Wildman–Crippen MR) is 72.7 cm³/mol. The number of carbonyl (C=O) groups excluding carboxylic acids is 1. The highest BCUT2D eigenvalue weighted by Crippen LogP contribution is 2.22. The molecule has 0 saturated carbocycles. The monoisotopic (exact) mass is 262 g/mol. The second-order valence-corrected chi connectivity index (χ2v) is 4.96. The summed E-state index contributed by atoms with van der Waals surface area (Å²) in [6.45, 7) is 5.60. The molecule has 4 heteroatoms. The van der Waals surface area contributed by atoms with Crippen LogP contribution in [-0.4, -0.2) is 20.7 Å². The number of alkyl halides is 1. The summed E-state index contributed by atoms with van der Waals surface area (Å²) in [5.41, 5.74) is 3.61. The van der Waals surface area contributed by atoms with Gasteiger partial charge in [-0.25, -0.2) is 0 Å². The van der Waals surface area contributed by atoms with Gasteiger partial charge in [-0.1, -0.05) is 0 Å². The zero-order chi connectivity index (χ0) is 13.3. The SMILES string of the molecule is Cc1cc(C(=O)C(C)Cl)c(C)n1-c1ccncc1. The van der Waals surface area contributed by atoms with E-state index >= 15 is 0 Å². The largest absolute Gasteiger partial charge is 0.318 e. The van der Waals surface area contributed by atoms with Gasteiger partial charge in [0.05, 0.1) is 5.38 Å². The molecule has 0 aliphatic carbocycles. The van der Waals surface area contributed by atoms with E-state index < -0.39 is 5.38 Å². The molecule has 0 N–H and O–H groups in total. The first-order chi connectivity index (χ1) is 8.52. The number of hydrogen-bond donors (Lipinski definition) is 0. The number of aromatic nitrogens is 2. The maximum Gasteiger partial charge on any atom is 0.182 e. The molecule has 2 aromatic rings. The molecule has 94 valence electrons. The van der Waals surface area contributed by atoms with Crippen LogP contribution in [0.15, 0.2) is 30.6 Å². The Bertz CT molecular complexity index is 573. The summed E-state index contributed by atoms with van der Waals surface area (Å²) in [7, 11) is 0. The van der Waals surface area contributed by atoms with Crippen molar-refractivity contribution in [2.24, 2.45) is 0 Å². The smallest absolute Gasteiger partial charge is 0.182 e. The topological polar surface area (TPSA) is 34.9 Å². The number of pyridine rings is 1. The molecule has 3 nitrogen and oxygen atoms in total. The number of hydrogen-bond acceptors (Lipinski definition) is 2. The van der Waals surface area contributed by atoms with E-state index in [-0.39, 0.29) is 5.78 Å². The Labute approximate surface area is 111 Å². The second-order valence-electron chi connectivity index (χ2n) is 4.31. The molecule has 0 spiro atoms. The minimum Gasteiger partial charge on any atom is -0.318 e. The molecule has 0 aliphatic heterocycles. The number of halogens is 1. The van der Waals surface area contributed by atoms with Gasteiger partial charge in [-0.05, 0) is 39.0 Å². The van der Waals surface area contributed by atoms with Crippen molar-refractivity contribution >= 4 is 17.4 Å². The molecule has 0 bridgehead atoms. The van der Waals surface area contributed by atoms with Gasteiger partial charge in [0.25, 0.3) is 0 Å². The van der Waals surface area contributed by atoms with Crippen molar-refractivity contribution in [1.29, 1.82) is 0 Å². The summed E-state index contributed by atoms with van der Waals surface area (Å²) in [4.78, 5) is 16.0. The zero-order valence-corrected chi connectivity index (χ0v) is 11.4. The number of ketones is 1. The van der Waals surface area contributed by atoms with Crippen molar-refractivity contribution in [2.75, 3.05) is 0 Å². The van der Waals surface area contributed by atoms with Crippen molar-refractivity contribution in [3.05, 3.63) is 47.5 Å². The van der Waals surface area contributed by atoms with Gasteiger partial charge in [0.1, 0.15) is 0 Å². The highest BCUT2D eigenvalue weighted by Gasteiger charge is 2.19. The first kappa shape index (κ1) is 12.8. The van der Waals surface area contributed by atoms with Gasteiger partial charge >= 0.3 is 0 Å². The summed E-state index contributed by atoms with van der Waals surface area (Å²) in [5.74, 6) is -0.0370. The average molecular weight is 263 g/mol. The molecule has 0 aromatic carbocycles. The third kappa shape index (κ3) is 2.18. The van der Waals surface area contributed by atoms with Crippen LogP contribution in [-0.2, 0) is 0 Å². The molecule has 18 heavy (non-hydrogen) atoms. The zero-order valence-electron chi connectivity index (χ0n) is 10.6. The van der Waals surface area contributed by atoms with Gasteiger partial charge in [0.2, 0.25) is 0 Å². The van der Waals surface area contributed by atoms with E-state index in [1.54, 1.807) is 19.3 Å². The summed E-state index contributed by atoms with van der Waals surface area (Å²) >= 11 is 5.87. The Balaban J connectivity index is 2.55. The van der Waals surface area contributed by atoms with E-state index in [0.717, 1.165) is 17.1 Å². The van der Waals surface area contributed by atoms with Crippen molar-refractivity contribution in [3.8, 4) is 5.69 Å². The molecule has 2 heterocycles. The lowest BCUT2D eigenvalue weighted by Gasteiger charge is -2.09. The predicted octanol–water partition coefficient (Wildman–Crippen LogP) is 3.30. The molecule has 1 unspecified atom stereocenters. The van der Waals surface area contributed by atoms with Gasteiger partial charge in [-0.2, -0.15) is 0 Å². The van der Waals surface area contributed by atoms with Gasteiger partial charge in [0.15, 0.2) is 5.78 Å². The second kappa shape index (κ2) is 4.94. The lowest BCUT2D eigenvalue weighted by atomic mass is 10.1. The van der Waals surface area contributed by atoms with Crippen LogP contribution < -0.4 is 0 Å². The van der Waals surface area contributed by atoms with Crippen molar-refractivity contribution in [1.82, 2.24) is 9.55 Å². The fourth-order valence-electron chi connectivity index (χ4n) is 2.12. The quantitative estimate of drug-likeness (QED) is 0.628. The normalized spacial score (nSPS) is 12.4. The van der Waals surface area contributed by atoms with Crippen LogP contribution in [0.2, 0.25) is 0 Å². The summed E-state index contributed by atoms with van der Waals surface area (Å²) < 4.78 is 2.04. The average Bonchev–Trinajstić information content (AvgIpc) is 2.65. The molecular weight excluding hydrogens is 248 g/mol. The minimum absolute atomic E-state index is 0.0370. The van der Waals surface area contributed by atoms with E-state index in [1.165, 1.54) is 0 Å². The fourth-order valence-corrected chi connectivity index (χ4v) is 2.23. The Hall–Kier alpha value is -1.61. The van der Waals surface area contributed by atoms with E-state index in [4.69, 9.17) is 11.6 Å². The molecule has 0 fully saturated rings. The first-order valence-electron chi connectivity index (χ1n) is 5.80. The van der Waals surface area contributed by atoms with Gasteiger partial charge in [-0.15, -0.1) is 11.6 Å². The fraction of sp³-hybridized carbons (Fsp3) is 0.286. The van der Waals surface area contributed by atoms with Crippen LogP contribution in [0.3, 0.4) is 0 Å². The minimum atomic E-state index is -0.503. The number of Topliss-reactive ketones (excluding diaryl/α,β-unsaturated/α-hetero) is 1. The van der Waals surface area contributed by atoms with E-state index in [2.05, 4.69) is 4.98 Å². The highest BCUT2D eigenvalue weighted by molar-refractivity contribution is 6.33. The van der Waals surface area contributed by atoms with Crippen LogP contribution >= 0.6 is 11.6 Å². The number of carbonyl (C=O) groups is 1. The van der Waals surface area contributed by atoms with Gasteiger partial charge < -0.3 is 4.57 Å². The Morgan fingerprint density at radius 2 is 1.94 bits per heavy atom. The standard InChI is InChI=1S/C14H15ClN2O/c1-9-8-13(14(18)10(2)15)11(3)17(9)12-4-6-16-7-5-12/h4-8,10H,1-3H3. The Kier molecular flexibility index (Phi) is 3.53. The summed E-state index contributed by atoms with van der Waals surface area (Å²) in [5, 5.41) is -0.503. The van der Waals surface area contributed by atoms with Crippen LogP contribution in [0.1, 0.15) is 28.7 Å². The molecule has 0 amide bonds. The molecular formula is C14H15ClN2O. The van der Waals surface area contributed by atoms with E-state index in [1.807, 2.05) is 36.6 Å².